The van der Waals surface area contributed by atoms with Gasteiger partial charge in [-0.25, -0.2) is 0 Å². The lowest BCUT2D eigenvalue weighted by molar-refractivity contribution is 0.404. The molecule has 2 rings (SSSR count). The van der Waals surface area contributed by atoms with Crippen LogP contribution in [0.5, 0.6) is 5.75 Å². The molecule has 0 aliphatic rings. The average Bonchev–Trinajstić information content (AvgIpc) is 2.75. The third kappa shape index (κ3) is 3.40. The van der Waals surface area contributed by atoms with Gasteiger partial charge in [0.05, 0.1) is 20.7 Å². The Kier molecular flexibility index (Phi) is 5.45. The predicted molar refractivity (Wildman–Crippen MR) is 88.2 cm³/mol. The molecule has 2 nitrogen and oxygen atoms in total. The molecule has 0 saturated carbocycles. The molecule has 0 radical (unpaired) electrons. The summed E-state index contributed by atoms with van der Waals surface area (Å²) >= 11 is 8.86. The fourth-order valence-electron chi connectivity index (χ4n) is 2.05. The van der Waals surface area contributed by atoms with Crippen LogP contribution in [0.25, 0.3) is 0 Å². The van der Waals surface area contributed by atoms with Crippen LogP contribution in [0, 0.1) is 0 Å². The molecule has 0 saturated heterocycles. The van der Waals surface area contributed by atoms with Crippen molar-refractivity contribution in [2.45, 2.75) is 13.0 Å². The summed E-state index contributed by atoms with van der Waals surface area (Å²) in [4.78, 5) is 0. The molecule has 0 fully saturated rings. The van der Waals surface area contributed by atoms with Gasteiger partial charge in [0.2, 0.25) is 0 Å². The fourth-order valence-corrected chi connectivity index (χ4v) is 4.95. The molecule has 0 aliphatic heterocycles. The van der Waals surface area contributed by atoms with E-state index < -0.39 is 0 Å². The first kappa shape index (κ1) is 15.0. The van der Waals surface area contributed by atoms with Gasteiger partial charge in [-0.05, 0) is 56.1 Å². The van der Waals surface area contributed by atoms with Gasteiger partial charge in [0.1, 0.15) is 5.75 Å². The number of halogens is 2. The number of hydrogen-bond donors (Lipinski definition) is 1. The minimum Gasteiger partial charge on any atom is -0.496 e. The summed E-state index contributed by atoms with van der Waals surface area (Å²) in [5, 5.41) is 3.52. The van der Waals surface area contributed by atoms with Crippen LogP contribution in [-0.4, -0.2) is 13.7 Å². The summed E-state index contributed by atoms with van der Waals surface area (Å²) in [6.45, 7) is 3.00. The Morgan fingerprint density at radius 1 is 1.26 bits per heavy atom. The topological polar surface area (TPSA) is 21.3 Å². The number of methoxy groups -OCH3 is 1. The maximum Gasteiger partial charge on any atom is 0.123 e. The minimum atomic E-state index is 0.123. The molecule has 19 heavy (non-hydrogen) atoms. The quantitative estimate of drug-likeness (QED) is 0.758. The molecule has 5 heteroatoms. The molecule has 2 aromatic rings. The smallest absolute Gasteiger partial charge is 0.123 e. The van der Waals surface area contributed by atoms with E-state index in [2.05, 4.69) is 56.2 Å². The minimum absolute atomic E-state index is 0.123. The van der Waals surface area contributed by atoms with Crippen molar-refractivity contribution < 1.29 is 4.74 Å². The molecule has 0 bridgehead atoms. The molecule has 1 unspecified atom stereocenters. The number of rotatable bonds is 5. The summed E-state index contributed by atoms with van der Waals surface area (Å²) in [5.41, 5.74) is 2.38. The SMILES string of the molecule is CCNC(c1ccccc1OC)c1cc(Br)sc1Br. The first-order valence-electron chi connectivity index (χ1n) is 5.98. The summed E-state index contributed by atoms with van der Waals surface area (Å²) in [7, 11) is 1.71. The number of nitrogens with one attached hydrogen (secondary N) is 1. The molecule has 1 aromatic heterocycles. The van der Waals surface area contributed by atoms with Crippen molar-refractivity contribution in [2.75, 3.05) is 13.7 Å². The van der Waals surface area contributed by atoms with Gasteiger partial charge >= 0.3 is 0 Å². The van der Waals surface area contributed by atoms with Crippen molar-refractivity contribution in [2.24, 2.45) is 0 Å². The average molecular weight is 405 g/mol. The summed E-state index contributed by atoms with van der Waals surface area (Å²) in [5.74, 6) is 0.905. The standard InChI is InChI=1S/C14H15Br2NOS/c1-3-17-13(10-8-12(15)19-14(10)16)9-6-4-5-7-11(9)18-2/h4-8,13,17H,3H2,1-2H3. The van der Waals surface area contributed by atoms with Gasteiger partial charge in [-0.2, -0.15) is 0 Å². The zero-order chi connectivity index (χ0) is 13.8. The van der Waals surface area contributed by atoms with Crippen molar-refractivity contribution >= 4 is 43.2 Å². The molecule has 0 aliphatic carbocycles. The van der Waals surface area contributed by atoms with Crippen molar-refractivity contribution in [1.82, 2.24) is 5.32 Å². The second-order valence-electron chi connectivity index (χ2n) is 4.01. The van der Waals surface area contributed by atoms with Gasteiger partial charge in [0.15, 0.2) is 0 Å². The maximum atomic E-state index is 5.48. The van der Waals surface area contributed by atoms with Crippen molar-refractivity contribution in [3.8, 4) is 5.75 Å². The van der Waals surface area contributed by atoms with E-state index in [4.69, 9.17) is 4.74 Å². The Labute approximate surface area is 134 Å². The van der Waals surface area contributed by atoms with E-state index in [0.717, 1.165) is 25.4 Å². The van der Waals surface area contributed by atoms with Crippen LogP contribution < -0.4 is 10.1 Å². The Hall–Kier alpha value is -0.360. The first-order chi connectivity index (χ1) is 9.17. The van der Waals surface area contributed by atoms with Gasteiger partial charge in [0.25, 0.3) is 0 Å². The summed E-state index contributed by atoms with van der Waals surface area (Å²) < 4.78 is 7.73. The van der Waals surface area contributed by atoms with Gasteiger partial charge < -0.3 is 10.1 Å². The zero-order valence-electron chi connectivity index (χ0n) is 10.7. The largest absolute Gasteiger partial charge is 0.496 e. The van der Waals surface area contributed by atoms with Crippen molar-refractivity contribution in [1.29, 1.82) is 0 Å². The van der Waals surface area contributed by atoms with Gasteiger partial charge in [-0.1, -0.05) is 25.1 Å². The van der Waals surface area contributed by atoms with Crippen LogP contribution in [0.3, 0.4) is 0 Å². The van der Waals surface area contributed by atoms with Crippen molar-refractivity contribution in [3.05, 3.63) is 49.0 Å². The van der Waals surface area contributed by atoms with E-state index in [-0.39, 0.29) is 6.04 Å². The summed E-state index contributed by atoms with van der Waals surface area (Å²) in [6.07, 6.45) is 0. The number of ether oxygens (including phenoxy) is 1. The number of thiophene rings is 1. The van der Waals surface area contributed by atoms with E-state index in [9.17, 15) is 0 Å². The Balaban J connectivity index is 2.48. The Morgan fingerprint density at radius 3 is 2.58 bits per heavy atom. The van der Waals surface area contributed by atoms with E-state index >= 15 is 0 Å². The highest BCUT2D eigenvalue weighted by Crippen LogP contribution is 2.39. The van der Waals surface area contributed by atoms with Crippen LogP contribution in [0.2, 0.25) is 0 Å². The first-order valence-corrected chi connectivity index (χ1v) is 8.38. The molecule has 1 heterocycles. The molecule has 102 valence electrons. The van der Waals surface area contributed by atoms with Gasteiger partial charge in [-0.15, -0.1) is 11.3 Å². The van der Waals surface area contributed by atoms with Crippen LogP contribution in [0.4, 0.5) is 0 Å². The fraction of sp³-hybridized carbons (Fsp3) is 0.286. The van der Waals surface area contributed by atoms with Gasteiger partial charge in [-0.3, -0.25) is 0 Å². The lowest BCUT2D eigenvalue weighted by atomic mass is 10.0. The number of para-hydroxylation sites is 1. The van der Waals surface area contributed by atoms with E-state index in [1.54, 1.807) is 18.4 Å². The number of benzene rings is 1. The van der Waals surface area contributed by atoms with Crippen LogP contribution in [0.1, 0.15) is 24.1 Å². The van der Waals surface area contributed by atoms with Crippen LogP contribution in [0.15, 0.2) is 37.9 Å². The third-order valence-electron chi connectivity index (χ3n) is 2.85. The molecule has 1 atom stereocenters. The Morgan fingerprint density at radius 2 is 2.00 bits per heavy atom. The molecular weight excluding hydrogens is 390 g/mol. The Bertz CT molecular complexity index is 556. The van der Waals surface area contributed by atoms with E-state index in [0.29, 0.717) is 0 Å². The third-order valence-corrected chi connectivity index (χ3v) is 5.24. The zero-order valence-corrected chi connectivity index (χ0v) is 14.7. The lowest BCUT2D eigenvalue weighted by Gasteiger charge is -2.20. The molecule has 1 N–H and O–H groups in total. The molecule has 1 aromatic carbocycles. The maximum absolute atomic E-state index is 5.48. The monoisotopic (exact) mass is 403 g/mol. The highest BCUT2D eigenvalue weighted by molar-refractivity contribution is 9.12. The van der Waals surface area contributed by atoms with E-state index in [1.807, 2.05) is 18.2 Å². The van der Waals surface area contributed by atoms with Crippen LogP contribution >= 0.6 is 43.2 Å². The lowest BCUT2D eigenvalue weighted by Crippen LogP contribution is -2.22. The number of hydrogen-bond acceptors (Lipinski definition) is 3. The second-order valence-corrected chi connectivity index (χ2v) is 7.76. The van der Waals surface area contributed by atoms with Crippen molar-refractivity contribution in [3.63, 3.8) is 0 Å². The summed E-state index contributed by atoms with van der Waals surface area (Å²) in [6, 6.07) is 10.4. The normalized spacial score (nSPS) is 12.4. The molecular formula is C14H15Br2NOS. The highest BCUT2D eigenvalue weighted by Gasteiger charge is 2.21. The van der Waals surface area contributed by atoms with Gasteiger partial charge in [0, 0.05) is 5.56 Å². The highest BCUT2D eigenvalue weighted by atomic mass is 79.9. The molecule has 0 spiro atoms. The molecule has 0 amide bonds. The predicted octanol–water partition coefficient (Wildman–Crippen LogP) is 4.98. The van der Waals surface area contributed by atoms with E-state index in [1.165, 1.54) is 5.56 Å². The van der Waals surface area contributed by atoms with Crippen LogP contribution in [-0.2, 0) is 0 Å². The second kappa shape index (κ2) is 6.88.